The van der Waals surface area contributed by atoms with Crippen molar-refractivity contribution in [1.29, 1.82) is 0 Å². The zero-order chi connectivity index (χ0) is 32.7. The smallest absolute Gasteiger partial charge is 0.264 e. The van der Waals surface area contributed by atoms with Crippen LogP contribution in [0.15, 0.2) is 102 Å². The minimum atomic E-state index is -4.44. The first kappa shape index (κ1) is 34.0. The number of carbonyl (C=O) groups is 2. The maximum absolute atomic E-state index is 15.2. The van der Waals surface area contributed by atoms with Gasteiger partial charge in [-0.1, -0.05) is 89.4 Å². The Hall–Kier alpha value is -3.92. The fourth-order valence-corrected chi connectivity index (χ4v) is 6.73. The second kappa shape index (κ2) is 14.9. The molecule has 2 amide bonds. The van der Waals surface area contributed by atoms with Crippen LogP contribution >= 0.6 is 23.2 Å². The van der Waals surface area contributed by atoms with Gasteiger partial charge in [-0.05, 0) is 62.7 Å². The summed E-state index contributed by atoms with van der Waals surface area (Å²) in [6, 6.07) is 24.0. The van der Waals surface area contributed by atoms with E-state index in [9.17, 15) is 18.0 Å². The molecule has 0 aliphatic heterocycles. The minimum Gasteiger partial charge on any atom is -0.352 e. The molecular formula is C34H34Cl2FN3O4S. The molecule has 0 spiro atoms. The molecular weight excluding hydrogens is 636 g/mol. The van der Waals surface area contributed by atoms with Crippen molar-refractivity contribution in [3.8, 4) is 0 Å². The largest absolute Gasteiger partial charge is 0.352 e. The lowest BCUT2D eigenvalue weighted by molar-refractivity contribution is -0.140. The zero-order valence-corrected chi connectivity index (χ0v) is 27.4. The second-order valence-corrected chi connectivity index (χ2v) is 13.5. The van der Waals surface area contributed by atoms with E-state index in [0.29, 0.717) is 5.56 Å². The summed E-state index contributed by atoms with van der Waals surface area (Å²) in [5.41, 5.74) is 1.66. The second-order valence-electron chi connectivity index (χ2n) is 10.9. The van der Waals surface area contributed by atoms with Gasteiger partial charge >= 0.3 is 0 Å². The molecule has 4 aromatic carbocycles. The van der Waals surface area contributed by atoms with Crippen LogP contribution in [0.25, 0.3) is 0 Å². The first-order valence-electron chi connectivity index (χ1n) is 14.3. The van der Waals surface area contributed by atoms with Crippen molar-refractivity contribution in [2.24, 2.45) is 0 Å². The fraction of sp³-hybridized carbons (Fsp3) is 0.235. The molecule has 0 aromatic heterocycles. The van der Waals surface area contributed by atoms with Gasteiger partial charge in [-0.25, -0.2) is 12.8 Å². The molecule has 45 heavy (non-hydrogen) atoms. The van der Waals surface area contributed by atoms with Crippen LogP contribution in [-0.2, 0) is 32.6 Å². The summed E-state index contributed by atoms with van der Waals surface area (Å²) in [4.78, 5) is 29.3. The number of sulfonamides is 1. The molecule has 4 rings (SSSR count). The normalized spacial score (nSPS) is 12.1. The number of benzene rings is 4. The number of nitrogens with one attached hydrogen (secondary N) is 1. The van der Waals surface area contributed by atoms with Crippen molar-refractivity contribution in [2.75, 3.05) is 10.8 Å². The van der Waals surface area contributed by atoms with Crippen LogP contribution in [0.5, 0.6) is 0 Å². The third kappa shape index (κ3) is 8.42. The number of para-hydroxylation sites is 1. The van der Waals surface area contributed by atoms with Crippen LogP contribution in [0.2, 0.25) is 10.0 Å². The first-order chi connectivity index (χ1) is 21.4. The highest BCUT2D eigenvalue weighted by molar-refractivity contribution is 7.92. The lowest BCUT2D eigenvalue weighted by Crippen LogP contribution is -2.54. The Labute approximate surface area is 273 Å². The Morgan fingerprint density at radius 3 is 2.04 bits per heavy atom. The SMILES string of the molecule is Cc1ccc(S(=O)(=O)N(CC(=O)N(Cc2c(Cl)cccc2Cl)[C@H](Cc2ccccc2)C(=O)NC(C)C)c2ccccc2F)cc1. The lowest BCUT2D eigenvalue weighted by Gasteiger charge is -2.34. The summed E-state index contributed by atoms with van der Waals surface area (Å²) < 4.78 is 44.0. The Balaban J connectivity index is 1.85. The van der Waals surface area contributed by atoms with Crippen LogP contribution < -0.4 is 9.62 Å². The van der Waals surface area contributed by atoms with Crippen molar-refractivity contribution in [3.63, 3.8) is 0 Å². The zero-order valence-electron chi connectivity index (χ0n) is 25.1. The van der Waals surface area contributed by atoms with Gasteiger partial charge in [-0.15, -0.1) is 0 Å². The predicted octanol–water partition coefficient (Wildman–Crippen LogP) is 6.80. The summed E-state index contributed by atoms with van der Waals surface area (Å²) in [5.74, 6) is -2.05. The van der Waals surface area contributed by atoms with E-state index in [1.54, 1.807) is 51.1 Å². The number of anilines is 1. The number of aryl methyl sites for hydroxylation is 1. The predicted molar refractivity (Wildman–Crippen MR) is 176 cm³/mol. The molecule has 0 saturated heterocycles. The van der Waals surface area contributed by atoms with Crippen molar-refractivity contribution < 1.29 is 22.4 Å². The fourth-order valence-electron chi connectivity index (χ4n) is 4.79. The van der Waals surface area contributed by atoms with Crippen LogP contribution in [0, 0.1) is 12.7 Å². The van der Waals surface area contributed by atoms with E-state index in [2.05, 4.69) is 5.32 Å². The average molecular weight is 671 g/mol. The van der Waals surface area contributed by atoms with E-state index >= 15 is 4.39 Å². The first-order valence-corrected chi connectivity index (χ1v) is 16.5. The Bertz CT molecular complexity index is 1730. The summed E-state index contributed by atoms with van der Waals surface area (Å²) in [5, 5.41) is 3.41. The highest BCUT2D eigenvalue weighted by Crippen LogP contribution is 2.30. The number of carbonyl (C=O) groups excluding carboxylic acids is 2. The molecule has 0 fully saturated rings. The molecule has 1 atom stereocenters. The maximum Gasteiger partial charge on any atom is 0.264 e. The van der Waals surface area contributed by atoms with E-state index in [-0.39, 0.29) is 39.6 Å². The molecule has 0 radical (unpaired) electrons. The van der Waals surface area contributed by atoms with Gasteiger partial charge < -0.3 is 10.2 Å². The Kier molecular flexibility index (Phi) is 11.3. The van der Waals surface area contributed by atoms with Crippen LogP contribution in [0.1, 0.15) is 30.5 Å². The number of hydrogen-bond acceptors (Lipinski definition) is 4. The minimum absolute atomic E-state index is 0.109. The van der Waals surface area contributed by atoms with Gasteiger partial charge in [0.1, 0.15) is 18.4 Å². The molecule has 0 unspecified atom stereocenters. The quantitative estimate of drug-likeness (QED) is 0.180. The number of amides is 2. The van der Waals surface area contributed by atoms with E-state index in [0.717, 1.165) is 21.5 Å². The van der Waals surface area contributed by atoms with Gasteiger partial charge in [0.15, 0.2) is 0 Å². The highest BCUT2D eigenvalue weighted by Gasteiger charge is 2.36. The van der Waals surface area contributed by atoms with E-state index in [4.69, 9.17) is 23.2 Å². The van der Waals surface area contributed by atoms with Crippen molar-refractivity contribution in [1.82, 2.24) is 10.2 Å². The standard InChI is InChI=1S/C34H34Cl2FN3O4S/c1-23(2)38-34(42)32(20-25-10-5-4-6-11-25)39(21-27-28(35)12-9-13-29(27)36)33(41)22-40(31-15-8-7-14-30(31)37)45(43,44)26-18-16-24(3)17-19-26/h4-19,23,32H,20-22H2,1-3H3,(H,38,42)/t32-/m1/s1. The molecule has 0 heterocycles. The summed E-state index contributed by atoms with van der Waals surface area (Å²) in [6.45, 7) is 4.38. The molecule has 1 N–H and O–H groups in total. The number of hydrogen-bond donors (Lipinski definition) is 1. The molecule has 0 aliphatic rings. The van der Waals surface area contributed by atoms with Crippen molar-refractivity contribution >= 4 is 50.7 Å². The van der Waals surface area contributed by atoms with Crippen molar-refractivity contribution in [2.45, 2.75) is 50.7 Å². The van der Waals surface area contributed by atoms with Gasteiger partial charge in [0, 0.05) is 34.6 Å². The summed E-state index contributed by atoms with van der Waals surface area (Å²) in [7, 11) is -4.44. The van der Waals surface area contributed by atoms with Crippen molar-refractivity contribution in [3.05, 3.63) is 130 Å². The van der Waals surface area contributed by atoms with Crippen LogP contribution in [0.3, 0.4) is 0 Å². The topological polar surface area (TPSA) is 86.8 Å². The number of nitrogens with zero attached hydrogens (tertiary/aromatic N) is 2. The van der Waals surface area contributed by atoms with Gasteiger partial charge in [0.2, 0.25) is 11.8 Å². The van der Waals surface area contributed by atoms with Gasteiger partial charge in [0.05, 0.1) is 10.6 Å². The van der Waals surface area contributed by atoms with Crippen LogP contribution in [-0.4, -0.2) is 43.8 Å². The Morgan fingerprint density at radius 2 is 1.44 bits per heavy atom. The third-order valence-electron chi connectivity index (χ3n) is 7.10. The summed E-state index contributed by atoms with van der Waals surface area (Å²) >= 11 is 13.0. The van der Waals surface area contributed by atoms with Gasteiger partial charge in [0.25, 0.3) is 10.0 Å². The molecule has 0 aliphatic carbocycles. The number of halogens is 3. The summed E-state index contributed by atoms with van der Waals surface area (Å²) in [6.07, 6.45) is 0.109. The molecule has 7 nitrogen and oxygen atoms in total. The molecule has 0 bridgehead atoms. The Morgan fingerprint density at radius 1 is 0.844 bits per heavy atom. The average Bonchev–Trinajstić information content (AvgIpc) is 2.99. The third-order valence-corrected chi connectivity index (χ3v) is 9.58. The molecule has 0 saturated carbocycles. The number of rotatable bonds is 12. The van der Waals surface area contributed by atoms with Crippen LogP contribution in [0.4, 0.5) is 10.1 Å². The molecule has 11 heteroatoms. The monoisotopic (exact) mass is 669 g/mol. The molecule has 236 valence electrons. The van der Waals surface area contributed by atoms with E-state index in [1.165, 1.54) is 35.2 Å². The van der Waals surface area contributed by atoms with Gasteiger partial charge in [-0.2, -0.15) is 0 Å². The maximum atomic E-state index is 15.2. The van der Waals surface area contributed by atoms with Gasteiger partial charge in [-0.3, -0.25) is 13.9 Å². The highest BCUT2D eigenvalue weighted by atomic mass is 35.5. The van der Waals surface area contributed by atoms with E-state index < -0.39 is 40.2 Å². The molecule has 4 aromatic rings. The van der Waals surface area contributed by atoms with E-state index in [1.807, 2.05) is 30.3 Å². The lowest BCUT2D eigenvalue weighted by atomic mass is 10.0.